The molecular formula is C21H20N2O2. The normalized spacial score (nSPS) is 11.1. The van der Waals surface area contributed by atoms with E-state index in [2.05, 4.69) is 26.0 Å². The second-order valence-corrected chi connectivity index (χ2v) is 6.09. The summed E-state index contributed by atoms with van der Waals surface area (Å²) in [7, 11) is 0. The maximum atomic E-state index is 10.9. The van der Waals surface area contributed by atoms with Gasteiger partial charge in [0.1, 0.15) is 0 Å². The number of hydrogen-bond acceptors (Lipinski definition) is 2. The van der Waals surface area contributed by atoms with Gasteiger partial charge in [-0.25, -0.2) is 4.79 Å². The van der Waals surface area contributed by atoms with Gasteiger partial charge in [-0.05, 0) is 42.7 Å². The van der Waals surface area contributed by atoms with Crippen LogP contribution in [0.2, 0.25) is 0 Å². The molecule has 126 valence electrons. The van der Waals surface area contributed by atoms with Gasteiger partial charge in [0, 0.05) is 23.4 Å². The van der Waals surface area contributed by atoms with E-state index >= 15 is 0 Å². The van der Waals surface area contributed by atoms with Gasteiger partial charge < -0.3 is 5.11 Å². The van der Waals surface area contributed by atoms with Gasteiger partial charge in [-0.15, -0.1) is 0 Å². The maximum absolute atomic E-state index is 10.9. The van der Waals surface area contributed by atoms with E-state index in [1.807, 2.05) is 47.3 Å². The van der Waals surface area contributed by atoms with Crippen LogP contribution < -0.4 is 0 Å². The molecule has 2 aromatic carbocycles. The molecule has 0 amide bonds. The minimum atomic E-state index is -0.971. The average molecular weight is 332 g/mol. The van der Waals surface area contributed by atoms with Gasteiger partial charge >= 0.3 is 5.97 Å². The fourth-order valence-corrected chi connectivity index (χ4v) is 2.68. The lowest BCUT2D eigenvalue weighted by Crippen LogP contribution is -2.00. The van der Waals surface area contributed by atoms with Crippen LogP contribution in [0.4, 0.5) is 0 Å². The SMILES string of the molecule is Cc1ccc(-c2nn(Cc3ccccc3)cc2C=CC(=O)O)cc1C. The quantitative estimate of drug-likeness (QED) is 0.708. The third kappa shape index (κ3) is 4.04. The summed E-state index contributed by atoms with van der Waals surface area (Å²) in [5, 5.41) is 13.6. The zero-order chi connectivity index (χ0) is 17.8. The number of aromatic nitrogens is 2. The number of benzene rings is 2. The second-order valence-electron chi connectivity index (χ2n) is 6.09. The summed E-state index contributed by atoms with van der Waals surface area (Å²) in [4.78, 5) is 10.9. The van der Waals surface area contributed by atoms with Gasteiger partial charge in [0.15, 0.2) is 0 Å². The summed E-state index contributed by atoms with van der Waals surface area (Å²) in [5.41, 5.74) is 6.11. The summed E-state index contributed by atoms with van der Waals surface area (Å²) in [6, 6.07) is 16.2. The van der Waals surface area contributed by atoms with Gasteiger partial charge in [-0.2, -0.15) is 5.10 Å². The fourth-order valence-electron chi connectivity index (χ4n) is 2.68. The number of carbonyl (C=O) groups is 1. The van der Waals surface area contributed by atoms with Crippen LogP contribution >= 0.6 is 0 Å². The molecular weight excluding hydrogens is 312 g/mol. The van der Waals surface area contributed by atoms with E-state index in [4.69, 9.17) is 10.2 Å². The molecule has 0 fully saturated rings. The van der Waals surface area contributed by atoms with Gasteiger partial charge in [-0.3, -0.25) is 4.68 Å². The molecule has 0 aliphatic carbocycles. The Morgan fingerprint density at radius 2 is 1.88 bits per heavy atom. The van der Waals surface area contributed by atoms with Crippen molar-refractivity contribution in [3.05, 3.63) is 83.1 Å². The molecule has 0 unspecified atom stereocenters. The van der Waals surface area contributed by atoms with Crippen molar-refractivity contribution in [2.45, 2.75) is 20.4 Å². The van der Waals surface area contributed by atoms with Gasteiger partial charge in [0.25, 0.3) is 0 Å². The lowest BCUT2D eigenvalue weighted by Gasteiger charge is -2.04. The molecule has 0 bridgehead atoms. The first-order valence-corrected chi connectivity index (χ1v) is 8.13. The molecule has 4 nitrogen and oxygen atoms in total. The largest absolute Gasteiger partial charge is 0.478 e. The Kier molecular flexibility index (Phi) is 4.80. The van der Waals surface area contributed by atoms with Gasteiger partial charge in [0.2, 0.25) is 0 Å². The summed E-state index contributed by atoms with van der Waals surface area (Å²) < 4.78 is 1.85. The molecule has 1 aromatic heterocycles. The van der Waals surface area contributed by atoms with E-state index in [-0.39, 0.29) is 0 Å². The molecule has 0 radical (unpaired) electrons. The minimum absolute atomic E-state index is 0.638. The van der Waals surface area contributed by atoms with Crippen molar-refractivity contribution in [2.24, 2.45) is 0 Å². The predicted octanol–water partition coefficient (Wildman–Crippen LogP) is 4.31. The van der Waals surface area contributed by atoms with Crippen molar-refractivity contribution in [1.82, 2.24) is 9.78 Å². The number of aryl methyl sites for hydroxylation is 2. The molecule has 0 aliphatic heterocycles. The monoisotopic (exact) mass is 332 g/mol. The van der Waals surface area contributed by atoms with Crippen molar-refractivity contribution >= 4 is 12.0 Å². The molecule has 3 rings (SSSR count). The van der Waals surface area contributed by atoms with Gasteiger partial charge in [0.05, 0.1) is 12.2 Å². The lowest BCUT2D eigenvalue weighted by molar-refractivity contribution is -0.131. The predicted molar refractivity (Wildman–Crippen MR) is 99.4 cm³/mol. The topological polar surface area (TPSA) is 55.1 Å². The minimum Gasteiger partial charge on any atom is -0.478 e. The van der Waals surface area contributed by atoms with Crippen LogP contribution in [0.5, 0.6) is 0 Å². The van der Waals surface area contributed by atoms with Crippen molar-refractivity contribution < 1.29 is 9.90 Å². The van der Waals surface area contributed by atoms with Crippen LogP contribution in [0.15, 0.2) is 60.8 Å². The van der Waals surface area contributed by atoms with E-state index in [9.17, 15) is 4.79 Å². The van der Waals surface area contributed by atoms with Crippen LogP contribution in [0, 0.1) is 13.8 Å². The molecule has 3 aromatic rings. The van der Waals surface area contributed by atoms with Crippen LogP contribution in [-0.4, -0.2) is 20.9 Å². The Bertz CT molecular complexity index is 924. The van der Waals surface area contributed by atoms with Crippen LogP contribution in [-0.2, 0) is 11.3 Å². The van der Waals surface area contributed by atoms with E-state index < -0.39 is 5.97 Å². The molecule has 1 heterocycles. The number of hydrogen-bond donors (Lipinski definition) is 1. The van der Waals surface area contributed by atoms with Crippen molar-refractivity contribution in [3.63, 3.8) is 0 Å². The van der Waals surface area contributed by atoms with Crippen LogP contribution in [0.1, 0.15) is 22.3 Å². The van der Waals surface area contributed by atoms with Crippen LogP contribution in [0.3, 0.4) is 0 Å². The zero-order valence-electron chi connectivity index (χ0n) is 14.3. The van der Waals surface area contributed by atoms with Crippen molar-refractivity contribution in [2.75, 3.05) is 0 Å². The molecule has 25 heavy (non-hydrogen) atoms. The molecule has 0 aliphatic rings. The first-order valence-electron chi connectivity index (χ1n) is 8.13. The Morgan fingerprint density at radius 3 is 2.56 bits per heavy atom. The highest BCUT2D eigenvalue weighted by atomic mass is 16.4. The average Bonchev–Trinajstić information content (AvgIpc) is 2.99. The lowest BCUT2D eigenvalue weighted by atomic mass is 10.0. The molecule has 4 heteroatoms. The van der Waals surface area contributed by atoms with E-state index in [0.29, 0.717) is 6.54 Å². The Labute approximate surface area is 147 Å². The Morgan fingerprint density at radius 1 is 1.12 bits per heavy atom. The molecule has 0 saturated carbocycles. The highest BCUT2D eigenvalue weighted by molar-refractivity contribution is 5.87. The number of rotatable bonds is 5. The first kappa shape index (κ1) is 16.7. The van der Waals surface area contributed by atoms with E-state index in [1.165, 1.54) is 11.1 Å². The number of nitrogens with zero attached hydrogens (tertiary/aromatic N) is 2. The Hall–Kier alpha value is -3.14. The number of aliphatic carboxylic acids is 1. The number of carboxylic acids is 1. The Balaban J connectivity index is 2.02. The van der Waals surface area contributed by atoms with E-state index in [0.717, 1.165) is 28.5 Å². The van der Waals surface area contributed by atoms with Gasteiger partial charge in [-0.1, -0.05) is 42.5 Å². The summed E-state index contributed by atoms with van der Waals surface area (Å²) >= 11 is 0. The zero-order valence-corrected chi connectivity index (χ0v) is 14.3. The van der Waals surface area contributed by atoms with E-state index in [1.54, 1.807) is 6.08 Å². The highest BCUT2D eigenvalue weighted by Crippen LogP contribution is 2.25. The van der Waals surface area contributed by atoms with Crippen molar-refractivity contribution in [1.29, 1.82) is 0 Å². The molecule has 0 atom stereocenters. The molecule has 0 spiro atoms. The van der Waals surface area contributed by atoms with Crippen molar-refractivity contribution in [3.8, 4) is 11.3 Å². The van der Waals surface area contributed by atoms with Crippen LogP contribution in [0.25, 0.3) is 17.3 Å². The molecule has 0 saturated heterocycles. The number of carboxylic acid groups (broad SMARTS) is 1. The maximum Gasteiger partial charge on any atom is 0.328 e. The first-order chi connectivity index (χ1) is 12.0. The summed E-state index contributed by atoms with van der Waals surface area (Å²) in [6.07, 6.45) is 4.63. The smallest absolute Gasteiger partial charge is 0.328 e. The standard InChI is InChI=1S/C21H20N2O2/c1-15-8-9-18(12-16(15)2)21-19(10-11-20(24)25)14-23(22-21)13-17-6-4-3-5-7-17/h3-12,14H,13H2,1-2H3,(H,24,25). The summed E-state index contributed by atoms with van der Waals surface area (Å²) in [6.45, 7) is 4.77. The fraction of sp³-hybridized carbons (Fsp3) is 0.143. The second kappa shape index (κ2) is 7.18. The highest BCUT2D eigenvalue weighted by Gasteiger charge is 2.11. The third-order valence-electron chi connectivity index (χ3n) is 4.16. The third-order valence-corrected chi connectivity index (χ3v) is 4.16. The molecule has 1 N–H and O–H groups in total. The summed E-state index contributed by atoms with van der Waals surface area (Å²) in [5.74, 6) is -0.971.